The van der Waals surface area contributed by atoms with Crippen molar-refractivity contribution in [2.45, 2.75) is 19.9 Å². The highest BCUT2D eigenvalue weighted by atomic mass is 32.1. The van der Waals surface area contributed by atoms with Crippen LogP contribution in [-0.4, -0.2) is 64.6 Å². The summed E-state index contributed by atoms with van der Waals surface area (Å²) < 4.78 is 24.6. The Kier molecular flexibility index (Phi) is 7.62. The van der Waals surface area contributed by atoms with Crippen molar-refractivity contribution in [1.82, 2.24) is 4.57 Å². The van der Waals surface area contributed by atoms with Gasteiger partial charge in [0.15, 0.2) is 10.7 Å². The third-order valence-electron chi connectivity index (χ3n) is 7.06. The van der Waals surface area contributed by atoms with E-state index in [1.165, 1.54) is 20.8 Å². The first-order valence-electron chi connectivity index (χ1n) is 12.9. The van der Waals surface area contributed by atoms with Crippen LogP contribution >= 0.6 is 11.3 Å². The molecule has 4 heterocycles. The number of carbonyl (C=O) groups excluding carboxylic acids is 1. The molecule has 3 aromatic rings. The standard InChI is InChI=1S/C28H32N4O6S/c1-6-37-27(34)24-17(2)29-28-32(25(24)20-15-18(35-4)7-9-21(20)36-5)26(33)22(39-28)16-19-8-10-23(38-19)31-13-11-30(3)12-14-31/h7-10,15-16,25H,6,11-14H2,1-5H3/p+1/b22-16+/t25-/m0/s1. The van der Waals surface area contributed by atoms with Crippen molar-refractivity contribution in [2.75, 3.05) is 59.0 Å². The van der Waals surface area contributed by atoms with Crippen LogP contribution in [0.1, 0.15) is 31.2 Å². The van der Waals surface area contributed by atoms with Gasteiger partial charge in [0.1, 0.15) is 23.3 Å². The Hall–Kier alpha value is -3.83. The molecule has 0 unspecified atom stereocenters. The van der Waals surface area contributed by atoms with E-state index < -0.39 is 12.0 Å². The van der Waals surface area contributed by atoms with Crippen LogP contribution in [0, 0.1) is 0 Å². The molecule has 0 spiro atoms. The number of aromatic nitrogens is 1. The molecule has 1 N–H and O–H groups in total. The summed E-state index contributed by atoms with van der Waals surface area (Å²) in [4.78, 5) is 35.9. The Morgan fingerprint density at radius 3 is 2.67 bits per heavy atom. The Morgan fingerprint density at radius 1 is 1.21 bits per heavy atom. The second-order valence-corrected chi connectivity index (χ2v) is 10.5. The maximum Gasteiger partial charge on any atom is 0.338 e. The molecule has 2 aromatic heterocycles. The molecule has 5 rings (SSSR count). The Balaban J connectivity index is 1.63. The fourth-order valence-electron chi connectivity index (χ4n) is 4.97. The maximum atomic E-state index is 13.9. The van der Waals surface area contributed by atoms with Gasteiger partial charge < -0.3 is 28.4 Å². The molecule has 0 saturated carbocycles. The molecule has 0 aliphatic carbocycles. The minimum absolute atomic E-state index is 0.192. The van der Waals surface area contributed by atoms with E-state index in [2.05, 4.69) is 16.9 Å². The number of nitrogens with zero attached hydrogens (tertiary/aromatic N) is 3. The topological polar surface area (TPSA) is 99.9 Å². The number of likely N-dealkylation sites (N-methyl/N-ethyl adjacent to an activating group) is 1. The number of nitrogens with one attached hydrogen (secondary N) is 1. The lowest BCUT2D eigenvalue weighted by Crippen LogP contribution is -3.12. The first-order chi connectivity index (χ1) is 18.8. The van der Waals surface area contributed by atoms with Gasteiger partial charge in [-0.15, -0.1) is 0 Å². The number of thiazole rings is 1. The van der Waals surface area contributed by atoms with Crippen molar-refractivity contribution < 1.29 is 28.3 Å². The number of ether oxygens (including phenoxy) is 3. The number of quaternary nitrogens is 1. The zero-order chi connectivity index (χ0) is 27.7. The summed E-state index contributed by atoms with van der Waals surface area (Å²) >= 11 is 1.25. The average Bonchev–Trinajstić information content (AvgIpc) is 3.52. The van der Waals surface area contributed by atoms with E-state index in [0.717, 1.165) is 32.1 Å². The van der Waals surface area contributed by atoms with Crippen LogP contribution in [0.3, 0.4) is 0 Å². The van der Waals surface area contributed by atoms with Gasteiger partial charge in [0.05, 0.1) is 69.9 Å². The van der Waals surface area contributed by atoms with Gasteiger partial charge in [0.2, 0.25) is 0 Å². The van der Waals surface area contributed by atoms with Crippen LogP contribution < -0.4 is 34.2 Å². The highest BCUT2D eigenvalue weighted by molar-refractivity contribution is 7.07. The van der Waals surface area contributed by atoms with Gasteiger partial charge in [-0.25, -0.2) is 9.79 Å². The molecule has 2 aliphatic rings. The highest BCUT2D eigenvalue weighted by Crippen LogP contribution is 2.37. The zero-order valence-electron chi connectivity index (χ0n) is 22.8. The summed E-state index contributed by atoms with van der Waals surface area (Å²) in [5.41, 5.74) is 1.07. The van der Waals surface area contributed by atoms with E-state index in [1.54, 1.807) is 52.3 Å². The molecule has 1 saturated heterocycles. The lowest BCUT2D eigenvalue weighted by Gasteiger charge is -2.29. The van der Waals surface area contributed by atoms with Crippen LogP contribution in [0.25, 0.3) is 6.08 Å². The zero-order valence-corrected chi connectivity index (χ0v) is 23.6. The predicted molar refractivity (Wildman–Crippen MR) is 147 cm³/mol. The first-order valence-corrected chi connectivity index (χ1v) is 13.7. The number of hydrogen-bond donors (Lipinski definition) is 1. The molecule has 10 nitrogen and oxygen atoms in total. The summed E-state index contributed by atoms with van der Waals surface area (Å²) in [5.74, 6) is 1.92. The minimum atomic E-state index is -0.812. The number of carbonyl (C=O) groups is 1. The Labute approximate surface area is 230 Å². The number of rotatable bonds is 7. The van der Waals surface area contributed by atoms with Crippen LogP contribution in [0.4, 0.5) is 5.88 Å². The molecule has 0 radical (unpaired) electrons. The van der Waals surface area contributed by atoms with Gasteiger partial charge in [0.25, 0.3) is 5.56 Å². The fraction of sp³-hybridized carbons (Fsp3) is 0.393. The van der Waals surface area contributed by atoms with E-state index in [1.807, 2.05) is 12.1 Å². The van der Waals surface area contributed by atoms with Crippen molar-refractivity contribution in [3.8, 4) is 11.5 Å². The van der Waals surface area contributed by atoms with E-state index >= 15 is 0 Å². The molecule has 11 heteroatoms. The number of anilines is 1. The lowest BCUT2D eigenvalue weighted by atomic mass is 9.95. The number of benzene rings is 1. The summed E-state index contributed by atoms with van der Waals surface area (Å²) in [6, 6.07) is 8.30. The molecule has 1 aromatic carbocycles. The van der Waals surface area contributed by atoms with Gasteiger partial charge in [-0.3, -0.25) is 9.36 Å². The summed E-state index contributed by atoms with van der Waals surface area (Å²) in [6.07, 6.45) is 1.73. The number of allylic oxidation sites excluding steroid dienone is 1. The van der Waals surface area contributed by atoms with Crippen LogP contribution in [0.5, 0.6) is 11.5 Å². The largest absolute Gasteiger partial charge is 0.497 e. The molecule has 1 fully saturated rings. The van der Waals surface area contributed by atoms with Crippen LogP contribution in [0.15, 0.2) is 55.8 Å². The minimum Gasteiger partial charge on any atom is -0.497 e. The Bertz CT molecular complexity index is 1590. The molecule has 0 amide bonds. The SMILES string of the molecule is CCOC(=O)C1=C(C)N=c2s/c(=C/c3ccc(N4CC[NH+](C)CC4)o3)c(=O)n2[C@H]1c1cc(OC)ccc1OC. The van der Waals surface area contributed by atoms with E-state index in [9.17, 15) is 9.59 Å². The van der Waals surface area contributed by atoms with Gasteiger partial charge in [-0.2, -0.15) is 0 Å². The molecular formula is C28H33N4O6S+. The molecule has 206 valence electrons. The first kappa shape index (κ1) is 26.8. The van der Waals surface area contributed by atoms with Gasteiger partial charge in [-0.05, 0) is 38.1 Å². The summed E-state index contributed by atoms with van der Waals surface area (Å²) in [5, 5.41) is 0. The van der Waals surface area contributed by atoms with Gasteiger partial charge in [-0.1, -0.05) is 11.3 Å². The number of furan rings is 1. The van der Waals surface area contributed by atoms with Crippen molar-refractivity contribution >= 4 is 29.3 Å². The van der Waals surface area contributed by atoms with Crippen LogP contribution in [0.2, 0.25) is 0 Å². The third kappa shape index (κ3) is 5.11. The highest BCUT2D eigenvalue weighted by Gasteiger charge is 2.35. The average molecular weight is 554 g/mol. The van der Waals surface area contributed by atoms with E-state index in [4.69, 9.17) is 18.6 Å². The van der Waals surface area contributed by atoms with Crippen molar-refractivity contribution in [2.24, 2.45) is 4.99 Å². The lowest BCUT2D eigenvalue weighted by molar-refractivity contribution is -0.880. The van der Waals surface area contributed by atoms with Crippen LogP contribution in [-0.2, 0) is 9.53 Å². The summed E-state index contributed by atoms with van der Waals surface area (Å²) in [7, 11) is 5.30. The number of esters is 1. The fourth-order valence-corrected chi connectivity index (χ4v) is 5.99. The number of fused-ring (bicyclic) bond motifs is 1. The predicted octanol–water partition coefficient (Wildman–Crippen LogP) is 0.743. The van der Waals surface area contributed by atoms with Gasteiger partial charge in [0, 0.05) is 17.7 Å². The maximum absolute atomic E-state index is 13.9. The van der Waals surface area contributed by atoms with Gasteiger partial charge >= 0.3 is 5.97 Å². The summed E-state index contributed by atoms with van der Waals surface area (Å²) in [6.45, 7) is 7.61. The van der Waals surface area contributed by atoms with Crippen molar-refractivity contribution in [3.63, 3.8) is 0 Å². The number of methoxy groups -OCH3 is 2. The molecule has 1 atom stereocenters. The molecule has 2 aliphatic heterocycles. The van der Waals surface area contributed by atoms with Crippen molar-refractivity contribution in [3.05, 3.63) is 72.6 Å². The monoisotopic (exact) mass is 553 g/mol. The second kappa shape index (κ2) is 11.1. The van der Waals surface area contributed by atoms with E-state index in [-0.39, 0.29) is 17.7 Å². The third-order valence-corrected chi connectivity index (χ3v) is 8.05. The molecule has 0 bridgehead atoms. The number of hydrogen-bond acceptors (Lipinski definition) is 9. The quantitative estimate of drug-likeness (QED) is 0.431. The normalized spacial score (nSPS) is 18.1. The van der Waals surface area contributed by atoms with Crippen molar-refractivity contribution in [1.29, 1.82) is 0 Å². The molecular weight excluding hydrogens is 520 g/mol. The number of piperazine rings is 1. The second-order valence-electron chi connectivity index (χ2n) is 9.53. The van der Waals surface area contributed by atoms with E-state index in [0.29, 0.717) is 37.9 Å². The molecule has 39 heavy (non-hydrogen) atoms. The smallest absolute Gasteiger partial charge is 0.338 e. The Morgan fingerprint density at radius 2 is 1.97 bits per heavy atom.